The van der Waals surface area contributed by atoms with Crippen LogP contribution < -0.4 is 21.3 Å². The number of hydrogen-bond donors (Lipinski definition) is 4. The molecule has 0 aliphatic carbocycles. The molecule has 0 saturated carbocycles. The van der Waals surface area contributed by atoms with E-state index >= 15 is 0 Å². The van der Waals surface area contributed by atoms with Crippen molar-refractivity contribution in [3.05, 3.63) is 95.5 Å². The van der Waals surface area contributed by atoms with Gasteiger partial charge in [-0.3, -0.25) is 9.59 Å². The molecule has 39 heavy (non-hydrogen) atoms. The Morgan fingerprint density at radius 3 is 1.87 bits per heavy atom. The lowest BCUT2D eigenvalue weighted by Crippen LogP contribution is -2.30. The molecule has 4 aromatic rings. The smallest absolute Gasteiger partial charge is 0.224 e. The standard InChI is InChI=1S/C30H31ClN6O2/c1-21(38)32-15-16-33-27-20-28(37-30(36-27)25-11-13-26(31)14-12-25)34-17-18-35-29(39)19-22-7-9-24(10-8-22)23-5-3-2-4-6-23/h2-14,20H,15-19H2,1H3,(H,32,38)(H,35,39)(H2,33,34,36,37). The molecule has 2 amide bonds. The number of anilines is 2. The van der Waals surface area contributed by atoms with E-state index in [9.17, 15) is 9.59 Å². The van der Waals surface area contributed by atoms with Crippen molar-refractivity contribution in [2.24, 2.45) is 0 Å². The second-order valence-corrected chi connectivity index (χ2v) is 9.33. The van der Waals surface area contributed by atoms with Gasteiger partial charge in [0.05, 0.1) is 6.42 Å². The molecule has 0 atom stereocenters. The summed E-state index contributed by atoms with van der Waals surface area (Å²) in [5.41, 5.74) is 4.04. The first-order valence-electron chi connectivity index (χ1n) is 12.7. The van der Waals surface area contributed by atoms with Gasteiger partial charge in [-0.15, -0.1) is 0 Å². The first-order valence-corrected chi connectivity index (χ1v) is 13.1. The number of carbonyl (C=O) groups excluding carboxylic acids is 2. The summed E-state index contributed by atoms with van der Waals surface area (Å²) in [6, 6.07) is 27.3. The Kier molecular flexibility index (Phi) is 9.85. The number of nitrogens with zero attached hydrogens (tertiary/aromatic N) is 2. The molecule has 0 spiro atoms. The van der Waals surface area contributed by atoms with Gasteiger partial charge in [-0.05, 0) is 41.0 Å². The highest BCUT2D eigenvalue weighted by Gasteiger charge is 2.09. The van der Waals surface area contributed by atoms with E-state index in [1.807, 2.05) is 54.6 Å². The number of hydrogen-bond acceptors (Lipinski definition) is 6. The lowest BCUT2D eigenvalue weighted by Gasteiger charge is -2.12. The summed E-state index contributed by atoms with van der Waals surface area (Å²) >= 11 is 6.03. The Morgan fingerprint density at radius 1 is 0.692 bits per heavy atom. The SMILES string of the molecule is CC(=O)NCCNc1cc(NCCNC(=O)Cc2ccc(-c3ccccc3)cc2)nc(-c2ccc(Cl)cc2)n1. The molecule has 4 N–H and O–H groups in total. The molecule has 1 aromatic heterocycles. The molecule has 0 aliphatic heterocycles. The first-order chi connectivity index (χ1) is 19.0. The average Bonchev–Trinajstić information content (AvgIpc) is 2.94. The Morgan fingerprint density at radius 2 is 1.26 bits per heavy atom. The topological polar surface area (TPSA) is 108 Å². The minimum absolute atomic E-state index is 0.0471. The highest BCUT2D eigenvalue weighted by molar-refractivity contribution is 6.30. The normalized spacial score (nSPS) is 10.5. The summed E-state index contributed by atoms with van der Waals surface area (Å²) in [7, 11) is 0. The molecule has 0 saturated heterocycles. The molecule has 1 heterocycles. The zero-order valence-corrected chi connectivity index (χ0v) is 22.5. The molecule has 0 bridgehead atoms. The monoisotopic (exact) mass is 542 g/mol. The summed E-state index contributed by atoms with van der Waals surface area (Å²) < 4.78 is 0. The summed E-state index contributed by atoms with van der Waals surface area (Å²) in [6.45, 7) is 3.39. The van der Waals surface area contributed by atoms with Gasteiger partial charge in [-0.25, -0.2) is 9.97 Å². The third-order valence-corrected chi connectivity index (χ3v) is 6.06. The van der Waals surface area contributed by atoms with Gasteiger partial charge in [0.15, 0.2) is 5.82 Å². The predicted molar refractivity (Wildman–Crippen MR) is 157 cm³/mol. The Bertz CT molecular complexity index is 1380. The number of nitrogens with one attached hydrogen (secondary N) is 4. The summed E-state index contributed by atoms with van der Waals surface area (Å²) in [4.78, 5) is 32.8. The molecule has 0 radical (unpaired) electrons. The van der Waals surface area contributed by atoms with Crippen molar-refractivity contribution in [2.45, 2.75) is 13.3 Å². The average molecular weight is 543 g/mol. The fourth-order valence-corrected chi connectivity index (χ4v) is 4.00. The Balaban J connectivity index is 1.30. The quantitative estimate of drug-likeness (QED) is 0.192. The molecular weight excluding hydrogens is 512 g/mol. The number of halogens is 1. The summed E-state index contributed by atoms with van der Waals surface area (Å²) in [5.74, 6) is 1.62. The van der Waals surface area contributed by atoms with Crippen LogP contribution in [0.5, 0.6) is 0 Å². The maximum Gasteiger partial charge on any atom is 0.224 e. The molecule has 0 aliphatic rings. The molecule has 3 aromatic carbocycles. The molecule has 0 unspecified atom stereocenters. The lowest BCUT2D eigenvalue weighted by atomic mass is 10.0. The minimum atomic E-state index is -0.0880. The van der Waals surface area contributed by atoms with E-state index in [2.05, 4.69) is 43.4 Å². The maximum absolute atomic E-state index is 12.5. The van der Waals surface area contributed by atoms with Gasteiger partial charge in [-0.1, -0.05) is 66.2 Å². The number of amides is 2. The van der Waals surface area contributed by atoms with Gasteiger partial charge in [0.2, 0.25) is 11.8 Å². The van der Waals surface area contributed by atoms with Crippen LogP contribution in [0.25, 0.3) is 22.5 Å². The van der Waals surface area contributed by atoms with E-state index in [0.717, 1.165) is 22.3 Å². The third-order valence-electron chi connectivity index (χ3n) is 5.81. The highest BCUT2D eigenvalue weighted by atomic mass is 35.5. The van der Waals surface area contributed by atoms with E-state index in [1.165, 1.54) is 6.92 Å². The van der Waals surface area contributed by atoms with Crippen LogP contribution in [0.1, 0.15) is 12.5 Å². The summed E-state index contributed by atoms with van der Waals surface area (Å²) in [5, 5.41) is 12.8. The van der Waals surface area contributed by atoms with Gasteiger partial charge in [-0.2, -0.15) is 0 Å². The maximum atomic E-state index is 12.5. The molecule has 8 nitrogen and oxygen atoms in total. The van der Waals surface area contributed by atoms with Crippen LogP contribution in [-0.2, 0) is 16.0 Å². The van der Waals surface area contributed by atoms with Crippen LogP contribution in [-0.4, -0.2) is 48.0 Å². The van der Waals surface area contributed by atoms with E-state index in [1.54, 1.807) is 18.2 Å². The summed E-state index contributed by atoms with van der Waals surface area (Å²) in [6.07, 6.45) is 0.311. The van der Waals surface area contributed by atoms with Crippen molar-refractivity contribution in [2.75, 3.05) is 36.8 Å². The first kappa shape index (κ1) is 27.6. The fraction of sp³-hybridized carbons (Fsp3) is 0.200. The zero-order chi connectivity index (χ0) is 27.5. The molecule has 4 rings (SSSR count). The van der Waals surface area contributed by atoms with Crippen molar-refractivity contribution >= 4 is 35.1 Å². The second-order valence-electron chi connectivity index (χ2n) is 8.90. The van der Waals surface area contributed by atoms with Gasteiger partial charge >= 0.3 is 0 Å². The second kappa shape index (κ2) is 13.9. The van der Waals surface area contributed by atoms with Crippen molar-refractivity contribution in [3.63, 3.8) is 0 Å². The van der Waals surface area contributed by atoms with Crippen molar-refractivity contribution in [3.8, 4) is 22.5 Å². The molecule has 9 heteroatoms. The Hall–Kier alpha value is -4.43. The van der Waals surface area contributed by atoms with Gasteiger partial charge in [0.1, 0.15) is 11.6 Å². The molecule has 0 fully saturated rings. The van der Waals surface area contributed by atoms with Crippen LogP contribution in [0, 0.1) is 0 Å². The van der Waals surface area contributed by atoms with Gasteiger partial charge in [0.25, 0.3) is 0 Å². The van der Waals surface area contributed by atoms with E-state index in [0.29, 0.717) is 55.1 Å². The number of rotatable bonds is 12. The third kappa shape index (κ3) is 8.83. The van der Waals surface area contributed by atoms with E-state index < -0.39 is 0 Å². The van der Waals surface area contributed by atoms with Crippen molar-refractivity contribution < 1.29 is 9.59 Å². The van der Waals surface area contributed by atoms with Gasteiger partial charge < -0.3 is 21.3 Å². The lowest BCUT2D eigenvalue weighted by molar-refractivity contribution is -0.120. The highest BCUT2D eigenvalue weighted by Crippen LogP contribution is 2.22. The van der Waals surface area contributed by atoms with Crippen LogP contribution >= 0.6 is 11.6 Å². The minimum Gasteiger partial charge on any atom is -0.368 e. The fourth-order valence-electron chi connectivity index (χ4n) is 3.87. The molecular formula is C30H31ClN6O2. The van der Waals surface area contributed by atoms with E-state index in [-0.39, 0.29) is 11.8 Å². The molecule has 200 valence electrons. The number of benzene rings is 3. The Labute approximate surface area is 233 Å². The predicted octanol–water partition coefficient (Wildman–Crippen LogP) is 4.78. The van der Waals surface area contributed by atoms with Crippen LogP contribution in [0.4, 0.5) is 11.6 Å². The van der Waals surface area contributed by atoms with Gasteiger partial charge in [0, 0.05) is 49.8 Å². The van der Waals surface area contributed by atoms with Crippen molar-refractivity contribution in [1.29, 1.82) is 0 Å². The van der Waals surface area contributed by atoms with Crippen LogP contribution in [0.3, 0.4) is 0 Å². The number of carbonyl (C=O) groups is 2. The number of aromatic nitrogens is 2. The largest absolute Gasteiger partial charge is 0.368 e. The van der Waals surface area contributed by atoms with Crippen LogP contribution in [0.2, 0.25) is 5.02 Å². The van der Waals surface area contributed by atoms with Crippen molar-refractivity contribution in [1.82, 2.24) is 20.6 Å². The van der Waals surface area contributed by atoms with Crippen LogP contribution in [0.15, 0.2) is 84.9 Å². The zero-order valence-electron chi connectivity index (χ0n) is 21.7. The van der Waals surface area contributed by atoms with E-state index in [4.69, 9.17) is 11.6 Å².